The van der Waals surface area contributed by atoms with Crippen molar-refractivity contribution in [2.45, 2.75) is 19.4 Å². The van der Waals surface area contributed by atoms with Crippen molar-refractivity contribution < 1.29 is 13.5 Å². The molecule has 112 valence electrons. The zero-order valence-corrected chi connectivity index (χ0v) is 11.9. The maximum absolute atomic E-state index is 13.4. The molecule has 0 saturated carbocycles. The summed E-state index contributed by atoms with van der Waals surface area (Å²) in [5.41, 5.74) is 1.28. The number of rotatable bonds is 6. The number of nitrogens with zero attached hydrogens (tertiary/aromatic N) is 2. The molecule has 0 radical (unpaired) electrons. The number of likely N-dealkylation sites (N-methyl/N-ethyl adjacent to an activating group) is 1. The Balaban J connectivity index is 2.25. The number of ether oxygens (including phenoxy) is 1. The second-order valence-electron chi connectivity index (χ2n) is 4.57. The molecule has 6 heteroatoms. The highest BCUT2D eigenvalue weighted by atomic mass is 19.1. The molecule has 0 bridgehead atoms. The molecule has 1 aromatic heterocycles. The smallest absolute Gasteiger partial charge is 0.216 e. The number of hydrogen-bond donors (Lipinski definition) is 1. The lowest BCUT2D eigenvalue weighted by Gasteiger charge is -2.18. The third kappa shape index (κ3) is 4.19. The topological polar surface area (TPSA) is 47.0 Å². The Morgan fingerprint density at radius 3 is 2.48 bits per heavy atom. The van der Waals surface area contributed by atoms with Crippen molar-refractivity contribution in [2.24, 2.45) is 0 Å². The number of hydrogen-bond acceptors (Lipinski definition) is 4. The van der Waals surface area contributed by atoms with Crippen LogP contribution in [0.1, 0.15) is 24.2 Å². The van der Waals surface area contributed by atoms with E-state index in [-0.39, 0.29) is 6.04 Å². The van der Waals surface area contributed by atoms with E-state index in [2.05, 4.69) is 15.3 Å². The molecule has 21 heavy (non-hydrogen) atoms. The van der Waals surface area contributed by atoms with Gasteiger partial charge in [-0.15, -0.1) is 0 Å². The first-order valence-corrected chi connectivity index (χ1v) is 6.66. The first-order valence-electron chi connectivity index (χ1n) is 6.66. The summed E-state index contributed by atoms with van der Waals surface area (Å²) in [6.45, 7) is 2.61. The molecule has 2 aromatic rings. The molecule has 0 spiro atoms. The van der Waals surface area contributed by atoms with Crippen LogP contribution in [-0.4, -0.2) is 23.6 Å². The largest absolute Gasteiger partial charge is 0.481 e. The monoisotopic (exact) mass is 293 g/mol. The van der Waals surface area contributed by atoms with Gasteiger partial charge in [0.2, 0.25) is 5.88 Å². The molecule has 1 heterocycles. The van der Waals surface area contributed by atoms with Crippen molar-refractivity contribution in [1.82, 2.24) is 15.3 Å². The second-order valence-corrected chi connectivity index (χ2v) is 4.57. The number of benzene rings is 1. The third-order valence-electron chi connectivity index (χ3n) is 3.06. The fourth-order valence-corrected chi connectivity index (χ4v) is 2.14. The van der Waals surface area contributed by atoms with Gasteiger partial charge < -0.3 is 10.1 Å². The molecule has 0 aliphatic heterocycles. The van der Waals surface area contributed by atoms with E-state index in [1.54, 1.807) is 6.07 Å². The molecule has 0 saturated heterocycles. The lowest BCUT2D eigenvalue weighted by Crippen LogP contribution is -2.23. The average Bonchev–Trinajstić information content (AvgIpc) is 2.46. The fourth-order valence-electron chi connectivity index (χ4n) is 2.14. The zero-order chi connectivity index (χ0) is 15.2. The normalized spacial score (nSPS) is 12.2. The van der Waals surface area contributed by atoms with Gasteiger partial charge in [0, 0.05) is 30.3 Å². The second kappa shape index (κ2) is 7.08. The number of aromatic nitrogens is 2. The van der Waals surface area contributed by atoms with Crippen LogP contribution in [-0.2, 0) is 6.42 Å². The van der Waals surface area contributed by atoms with Crippen molar-refractivity contribution in [3.63, 3.8) is 0 Å². The van der Waals surface area contributed by atoms with Crippen molar-refractivity contribution >= 4 is 0 Å². The van der Waals surface area contributed by atoms with Crippen LogP contribution in [0.2, 0.25) is 0 Å². The molecular weight excluding hydrogens is 276 g/mol. The maximum Gasteiger partial charge on any atom is 0.216 e. The molecule has 2 rings (SSSR count). The standard InChI is InChI=1S/C15H17F2N3O/c1-3-18-14(10-4-11(16)6-12(17)5-10)7-13-8-15(21-2)20-9-19-13/h4-6,8-9,14,18H,3,7H2,1-2H3. The van der Waals surface area contributed by atoms with E-state index < -0.39 is 11.6 Å². The van der Waals surface area contributed by atoms with Crippen LogP contribution in [0, 0.1) is 11.6 Å². The molecule has 0 fully saturated rings. The Morgan fingerprint density at radius 1 is 1.14 bits per heavy atom. The van der Waals surface area contributed by atoms with Crippen LogP contribution in [0.15, 0.2) is 30.6 Å². The highest BCUT2D eigenvalue weighted by Gasteiger charge is 2.15. The summed E-state index contributed by atoms with van der Waals surface area (Å²) in [6, 6.07) is 4.99. The zero-order valence-electron chi connectivity index (χ0n) is 11.9. The van der Waals surface area contributed by atoms with Gasteiger partial charge in [-0.3, -0.25) is 0 Å². The Kier molecular flexibility index (Phi) is 5.16. The van der Waals surface area contributed by atoms with E-state index in [4.69, 9.17) is 4.74 Å². The van der Waals surface area contributed by atoms with Gasteiger partial charge in [-0.2, -0.15) is 0 Å². The Morgan fingerprint density at radius 2 is 1.86 bits per heavy atom. The van der Waals surface area contributed by atoms with E-state index in [9.17, 15) is 8.78 Å². The van der Waals surface area contributed by atoms with Crippen LogP contribution < -0.4 is 10.1 Å². The summed E-state index contributed by atoms with van der Waals surface area (Å²) < 4.78 is 31.8. The minimum absolute atomic E-state index is 0.236. The SMILES string of the molecule is CCNC(Cc1cc(OC)ncn1)c1cc(F)cc(F)c1. The van der Waals surface area contributed by atoms with Gasteiger partial charge >= 0.3 is 0 Å². The molecule has 1 unspecified atom stereocenters. The van der Waals surface area contributed by atoms with Crippen LogP contribution in [0.4, 0.5) is 8.78 Å². The predicted octanol–water partition coefficient (Wildman–Crippen LogP) is 2.66. The van der Waals surface area contributed by atoms with Gasteiger partial charge in [0.05, 0.1) is 7.11 Å². The van der Waals surface area contributed by atoms with Gasteiger partial charge in [0.15, 0.2) is 0 Å². The van der Waals surface area contributed by atoms with Gasteiger partial charge in [-0.05, 0) is 24.2 Å². The molecular formula is C15H17F2N3O. The average molecular weight is 293 g/mol. The minimum Gasteiger partial charge on any atom is -0.481 e. The van der Waals surface area contributed by atoms with Crippen molar-refractivity contribution in [1.29, 1.82) is 0 Å². The van der Waals surface area contributed by atoms with Crippen LogP contribution in [0.5, 0.6) is 5.88 Å². The van der Waals surface area contributed by atoms with Gasteiger partial charge in [0.25, 0.3) is 0 Å². The Labute approximate surface area is 122 Å². The van der Waals surface area contributed by atoms with Crippen molar-refractivity contribution in [2.75, 3.05) is 13.7 Å². The van der Waals surface area contributed by atoms with E-state index in [1.807, 2.05) is 6.92 Å². The Hall–Kier alpha value is -2.08. The third-order valence-corrected chi connectivity index (χ3v) is 3.06. The van der Waals surface area contributed by atoms with E-state index in [1.165, 1.54) is 25.6 Å². The van der Waals surface area contributed by atoms with E-state index >= 15 is 0 Å². The number of halogens is 2. The molecule has 0 aliphatic carbocycles. The maximum atomic E-state index is 13.4. The van der Waals surface area contributed by atoms with Crippen LogP contribution in [0.3, 0.4) is 0 Å². The molecule has 0 amide bonds. The first-order chi connectivity index (χ1) is 10.1. The Bertz CT molecular complexity index is 587. The molecule has 1 aromatic carbocycles. The summed E-state index contributed by atoms with van der Waals surface area (Å²) in [5, 5.41) is 3.20. The molecule has 0 aliphatic rings. The summed E-state index contributed by atoms with van der Waals surface area (Å²) in [7, 11) is 1.52. The van der Waals surface area contributed by atoms with E-state index in [0.29, 0.717) is 24.4 Å². The highest BCUT2D eigenvalue weighted by Crippen LogP contribution is 2.21. The quantitative estimate of drug-likeness (QED) is 0.889. The van der Waals surface area contributed by atoms with Gasteiger partial charge in [-0.25, -0.2) is 18.7 Å². The summed E-state index contributed by atoms with van der Waals surface area (Å²) in [5.74, 6) is -0.720. The molecule has 1 N–H and O–H groups in total. The highest BCUT2D eigenvalue weighted by molar-refractivity contribution is 5.24. The van der Waals surface area contributed by atoms with Crippen LogP contribution >= 0.6 is 0 Å². The van der Waals surface area contributed by atoms with E-state index in [0.717, 1.165) is 11.8 Å². The summed E-state index contributed by atoms with van der Waals surface area (Å²) >= 11 is 0. The van der Waals surface area contributed by atoms with Gasteiger partial charge in [-0.1, -0.05) is 6.92 Å². The van der Waals surface area contributed by atoms with Crippen molar-refractivity contribution in [3.05, 3.63) is 53.5 Å². The minimum atomic E-state index is -0.590. The molecule has 4 nitrogen and oxygen atoms in total. The first kappa shape index (κ1) is 15.3. The van der Waals surface area contributed by atoms with Gasteiger partial charge in [0.1, 0.15) is 18.0 Å². The van der Waals surface area contributed by atoms with Crippen molar-refractivity contribution in [3.8, 4) is 5.88 Å². The van der Waals surface area contributed by atoms with Crippen LogP contribution in [0.25, 0.3) is 0 Å². The fraction of sp³-hybridized carbons (Fsp3) is 0.333. The molecule has 1 atom stereocenters. The number of nitrogens with one attached hydrogen (secondary N) is 1. The lowest BCUT2D eigenvalue weighted by atomic mass is 10.0. The lowest BCUT2D eigenvalue weighted by molar-refractivity contribution is 0.395. The number of methoxy groups -OCH3 is 1. The summed E-state index contributed by atoms with van der Waals surface area (Å²) in [4.78, 5) is 8.10. The predicted molar refractivity (Wildman–Crippen MR) is 75.1 cm³/mol. The summed E-state index contributed by atoms with van der Waals surface area (Å²) in [6.07, 6.45) is 1.89.